The molecule has 3 rings (SSSR count). The molecule has 5 nitrogen and oxygen atoms in total. The van der Waals surface area contributed by atoms with Gasteiger partial charge in [0.2, 0.25) is 0 Å². The van der Waals surface area contributed by atoms with E-state index in [1.54, 1.807) is 36.0 Å². The summed E-state index contributed by atoms with van der Waals surface area (Å²) in [4.78, 5) is 25.8. The summed E-state index contributed by atoms with van der Waals surface area (Å²) in [5.74, 6) is 0.629. The first-order chi connectivity index (χ1) is 14.6. The van der Waals surface area contributed by atoms with Gasteiger partial charge in [-0.2, -0.15) is 0 Å². The van der Waals surface area contributed by atoms with E-state index in [2.05, 4.69) is 41.8 Å². The van der Waals surface area contributed by atoms with Crippen LogP contribution in [-0.2, 0) is 4.79 Å². The Bertz CT molecular complexity index is 975. The van der Waals surface area contributed by atoms with Crippen molar-refractivity contribution in [2.75, 3.05) is 24.2 Å². The number of hydrogen-bond acceptors (Lipinski definition) is 4. The number of thioether (sulfide) groups is 1. The largest absolute Gasteiger partial charge is 0.483 e. The molecular weight excluding hydrogens is 396 g/mol. The number of carbonyl (C=O) groups excluding carboxylic acids is 2. The number of aryl methyl sites for hydroxylation is 1. The van der Waals surface area contributed by atoms with Crippen molar-refractivity contribution >= 4 is 29.3 Å². The summed E-state index contributed by atoms with van der Waals surface area (Å²) in [6, 6.07) is 24.4. The maximum absolute atomic E-state index is 12.6. The van der Waals surface area contributed by atoms with E-state index >= 15 is 0 Å². The van der Waals surface area contributed by atoms with Crippen LogP contribution in [0.1, 0.15) is 15.9 Å². The summed E-state index contributed by atoms with van der Waals surface area (Å²) in [7, 11) is 0. The van der Waals surface area contributed by atoms with E-state index in [1.165, 1.54) is 10.5 Å². The molecule has 154 valence electrons. The number of amides is 2. The predicted octanol–water partition coefficient (Wildman–Crippen LogP) is 4.53. The average molecular weight is 421 g/mol. The highest BCUT2D eigenvalue weighted by Crippen LogP contribution is 2.20. The lowest BCUT2D eigenvalue weighted by Crippen LogP contribution is -2.31. The molecule has 0 aliphatic carbocycles. The summed E-state index contributed by atoms with van der Waals surface area (Å²) >= 11 is 1.68. The Morgan fingerprint density at radius 1 is 0.900 bits per heavy atom. The summed E-state index contributed by atoms with van der Waals surface area (Å²) in [5.41, 5.74) is 2.30. The third-order valence-corrected chi connectivity index (χ3v) is 5.25. The first kappa shape index (κ1) is 21.5. The van der Waals surface area contributed by atoms with Crippen molar-refractivity contribution in [2.24, 2.45) is 0 Å². The zero-order valence-electron chi connectivity index (χ0n) is 16.8. The lowest BCUT2D eigenvalue weighted by Gasteiger charge is -2.12. The quantitative estimate of drug-likeness (QED) is 0.394. The highest BCUT2D eigenvalue weighted by Gasteiger charge is 2.13. The molecule has 0 spiro atoms. The van der Waals surface area contributed by atoms with Gasteiger partial charge in [0.15, 0.2) is 6.61 Å². The number of carbonyl (C=O) groups is 2. The molecule has 0 saturated carbocycles. The molecular formula is C24H24N2O3S. The van der Waals surface area contributed by atoms with Crippen molar-refractivity contribution in [1.82, 2.24) is 5.32 Å². The first-order valence-corrected chi connectivity index (χ1v) is 10.6. The fraction of sp³-hybridized carbons (Fsp3) is 0.167. The van der Waals surface area contributed by atoms with E-state index in [4.69, 9.17) is 4.74 Å². The molecule has 0 aliphatic heterocycles. The van der Waals surface area contributed by atoms with Crippen molar-refractivity contribution in [2.45, 2.75) is 11.8 Å². The summed E-state index contributed by atoms with van der Waals surface area (Å²) in [6.45, 7) is 2.44. The number of rotatable bonds is 9. The molecule has 2 amide bonds. The van der Waals surface area contributed by atoms with Crippen LogP contribution in [0.2, 0.25) is 0 Å². The standard InChI is InChI=1S/C24H24N2O3S/c1-18-11-13-20(14-12-18)30-16-15-25-23(27)17-29-22-10-6-5-9-21(22)24(28)26-19-7-3-2-4-8-19/h2-14H,15-17H2,1H3,(H,25,27)(H,26,28). The van der Waals surface area contributed by atoms with Gasteiger partial charge in [-0.1, -0.05) is 48.0 Å². The maximum atomic E-state index is 12.6. The Hall–Kier alpha value is -3.25. The van der Waals surface area contributed by atoms with Gasteiger partial charge in [0, 0.05) is 22.9 Å². The smallest absolute Gasteiger partial charge is 0.259 e. The van der Waals surface area contributed by atoms with E-state index in [-0.39, 0.29) is 18.4 Å². The first-order valence-electron chi connectivity index (χ1n) is 9.66. The van der Waals surface area contributed by atoms with Gasteiger partial charge in [0.05, 0.1) is 5.56 Å². The van der Waals surface area contributed by atoms with Crippen molar-refractivity contribution in [3.8, 4) is 5.75 Å². The minimum atomic E-state index is -0.285. The van der Waals surface area contributed by atoms with E-state index in [9.17, 15) is 9.59 Å². The Morgan fingerprint density at radius 2 is 1.60 bits per heavy atom. The van der Waals surface area contributed by atoms with Gasteiger partial charge in [-0.25, -0.2) is 0 Å². The van der Waals surface area contributed by atoms with Crippen molar-refractivity contribution in [1.29, 1.82) is 0 Å². The van der Waals surface area contributed by atoms with Gasteiger partial charge in [0.1, 0.15) is 5.75 Å². The SMILES string of the molecule is Cc1ccc(SCCNC(=O)COc2ccccc2C(=O)Nc2ccccc2)cc1. The fourth-order valence-corrected chi connectivity index (χ4v) is 3.46. The lowest BCUT2D eigenvalue weighted by atomic mass is 10.2. The summed E-state index contributed by atoms with van der Waals surface area (Å²) in [5, 5.41) is 5.66. The Kier molecular flexibility index (Phi) is 7.92. The highest BCUT2D eigenvalue weighted by molar-refractivity contribution is 7.99. The van der Waals surface area contributed by atoms with Crippen molar-refractivity contribution < 1.29 is 14.3 Å². The minimum absolute atomic E-state index is 0.148. The van der Waals surface area contributed by atoms with E-state index in [0.717, 1.165) is 5.75 Å². The normalized spacial score (nSPS) is 10.3. The lowest BCUT2D eigenvalue weighted by molar-refractivity contribution is -0.122. The van der Waals surface area contributed by atoms with Crippen molar-refractivity contribution in [3.63, 3.8) is 0 Å². The highest BCUT2D eigenvalue weighted by atomic mass is 32.2. The second kappa shape index (κ2) is 11.1. The van der Waals surface area contributed by atoms with Gasteiger partial charge in [-0.15, -0.1) is 11.8 Å². The third kappa shape index (κ3) is 6.67. The zero-order valence-corrected chi connectivity index (χ0v) is 17.6. The Morgan fingerprint density at radius 3 is 2.37 bits per heavy atom. The van der Waals surface area contributed by atoms with Gasteiger partial charge in [-0.05, 0) is 43.3 Å². The predicted molar refractivity (Wildman–Crippen MR) is 121 cm³/mol. The Labute approximate surface area is 180 Å². The van der Waals surface area contributed by atoms with Gasteiger partial charge < -0.3 is 15.4 Å². The molecule has 0 saturated heterocycles. The molecule has 3 aromatic carbocycles. The van der Waals surface area contributed by atoms with Crippen LogP contribution in [0.15, 0.2) is 83.8 Å². The molecule has 6 heteroatoms. The molecule has 0 heterocycles. The van der Waals surface area contributed by atoms with Crippen LogP contribution in [0, 0.1) is 6.92 Å². The molecule has 3 aromatic rings. The maximum Gasteiger partial charge on any atom is 0.259 e. The molecule has 0 aromatic heterocycles. The number of hydrogen-bond donors (Lipinski definition) is 2. The molecule has 30 heavy (non-hydrogen) atoms. The van der Waals surface area contributed by atoms with Gasteiger partial charge >= 0.3 is 0 Å². The van der Waals surface area contributed by atoms with E-state index in [0.29, 0.717) is 23.5 Å². The summed E-state index contributed by atoms with van der Waals surface area (Å²) in [6.07, 6.45) is 0. The second-order valence-electron chi connectivity index (χ2n) is 6.62. The van der Waals surface area contributed by atoms with Crippen molar-refractivity contribution in [3.05, 3.63) is 90.0 Å². The van der Waals surface area contributed by atoms with Crippen LogP contribution in [0.5, 0.6) is 5.75 Å². The van der Waals surface area contributed by atoms with Crippen LogP contribution in [0.4, 0.5) is 5.69 Å². The van der Waals surface area contributed by atoms with Crippen LogP contribution in [0.25, 0.3) is 0 Å². The van der Waals surface area contributed by atoms with Crippen LogP contribution < -0.4 is 15.4 Å². The monoisotopic (exact) mass is 420 g/mol. The average Bonchev–Trinajstić information content (AvgIpc) is 2.77. The number of anilines is 1. The fourth-order valence-electron chi connectivity index (χ4n) is 2.69. The number of benzene rings is 3. The minimum Gasteiger partial charge on any atom is -0.483 e. The van der Waals surface area contributed by atoms with Gasteiger partial charge in [-0.3, -0.25) is 9.59 Å². The van der Waals surface area contributed by atoms with E-state index in [1.807, 2.05) is 30.3 Å². The topological polar surface area (TPSA) is 67.4 Å². The molecule has 0 fully saturated rings. The number of ether oxygens (including phenoxy) is 1. The molecule has 0 unspecified atom stereocenters. The molecule has 0 aliphatic rings. The molecule has 0 radical (unpaired) electrons. The molecule has 2 N–H and O–H groups in total. The van der Waals surface area contributed by atoms with Crippen LogP contribution in [0.3, 0.4) is 0 Å². The molecule has 0 bridgehead atoms. The third-order valence-electron chi connectivity index (χ3n) is 4.24. The number of para-hydroxylation sites is 2. The zero-order chi connectivity index (χ0) is 21.2. The Balaban J connectivity index is 1.45. The second-order valence-corrected chi connectivity index (χ2v) is 7.78. The number of nitrogens with one attached hydrogen (secondary N) is 2. The van der Waals surface area contributed by atoms with Crippen LogP contribution >= 0.6 is 11.8 Å². The van der Waals surface area contributed by atoms with Gasteiger partial charge in [0.25, 0.3) is 11.8 Å². The summed E-state index contributed by atoms with van der Waals surface area (Å²) < 4.78 is 5.61. The van der Waals surface area contributed by atoms with Crippen LogP contribution in [-0.4, -0.2) is 30.7 Å². The van der Waals surface area contributed by atoms with E-state index < -0.39 is 0 Å². The molecule has 0 atom stereocenters.